The molecule has 24 heavy (non-hydrogen) atoms. The molecule has 0 spiro atoms. The molecule has 0 aliphatic carbocycles. The van der Waals surface area contributed by atoms with Crippen LogP contribution in [0.1, 0.15) is 23.2 Å². The van der Waals surface area contributed by atoms with Gasteiger partial charge in [-0.25, -0.2) is 4.68 Å². The summed E-state index contributed by atoms with van der Waals surface area (Å²) in [6.07, 6.45) is -4.67. The van der Waals surface area contributed by atoms with Gasteiger partial charge in [-0.15, -0.1) is 20.4 Å². The van der Waals surface area contributed by atoms with Gasteiger partial charge in [0, 0.05) is 0 Å². The van der Waals surface area contributed by atoms with E-state index in [0.29, 0.717) is 21.8 Å². The van der Waals surface area contributed by atoms with Crippen LogP contribution < -0.4 is 5.84 Å². The van der Waals surface area contributed by atoms with Crippen molar-refractivity contribution in [1.82, 2.24) is 25.1 Å². The maximum Gasteiger partial charge on any atom is 0.453 e. The van der Waals surface area contributed by atoms with Gasteiger partial charge in [0.15, 0.2) is 0 Å². The smallest absolute Gasteiger partial charge is 0.453 e. The van der Waals surface area contributed by atoms with Crippen molar-refractivity contribution in [3.05, 3.63) is 29.3 Å². The second-order valence-corrected chi connectivity index (χ2v) is 5.73. The van der Waals surface area contributed by atoms with Gasteiger partial charge in [0.05, 0.1) is 11.3 Å². The lowest BCUT2D eigenvalue weighted by Crippen LogP contribution is -2.21. The molecule has 0 radical (unpaired) electrons. The third-order valence-electron chi connectivity index (χ3n) is 2.98. The highest BCUT2D eigenvalue weighted by atomic mass is 32.2. The molecule has 3 aromatic heterocycles. The lowest BCUT2D eigenvalue weighted by atomic mass is 10.2. The van der Waals surface area contributed by atoms with Crippen LogP contribution in [0.15, 0.2) is 20.1 Å². The summed E-state index contributed by atoms with van der Waals surface area (Å²) < 4.78 is 49.0. The van der Waals surface area contributed by atoms with Gasteiger partial charge in [0.1, 0.15) is 11.5 Å². The first-order valence-electron chi connectivity index (χ1n) is 6.56. The molecule has 0 unspecified atom stereocenters. The van der Waals surface area contributed by atoms with Crippen LogP contribution in [0.2, 0.25) is 0 Å². The number of hydrogen-bond acceptors (Lipinski definition) is 8. The van der Waals surface area contributed by atoms with Crippen LogP contribution in [0, 0.1) is 13.8 Å². The minimum absolute atomic E-state index is 0.0933. The summed E-state index contributed by atoms with van der Waals surface area (Å²) in [5.41, 5.74) is 0.664. The number of rotatable bonds is 4. The zero-order valence-electron chi connectivity index (χ0n) is 12.5. The van der Waals surface area contributed by atoms with Crippen LogP contribution in [0.25, 0.3) is 11.5 Å². The molecule has 0 amide bonds. The van der Waals surface area contributed by atoms with E-state index >= 15 is 0 Å². The van der Waals surface area contributed by atoms with E-state index in [9.17, 15) is 13.2 Å². The third-order valence-corrected chi connectivity index (χ3v) is 3.91. The number of furan rings is 1. The summed E-state index contributed by atoms with van der Waals surface area (Å²) >= 11 is 0.900. The van der Waals surface area contributed by atoms with Gasteiger partial charge in [-0.3, -0.25) is 0 Å². The molecule has 0 aromatic carbocycles. The summed E-state index contributed by atoms with van der Waals surface area (Å²) in [6, 6.07) is 1.76. The molecule has 3 rings (SSSR count). The fraction of sp³-hybridized carbons (Fsp3) is 0.333. The second kappa shape index (κ2) is 5.85. The maximum absolute atomic E-state index is 12.6. The van der Waals surface area contributed by atoms with E-state index in [4.69, 9.17) is 14.7 Å². The van der Waals surface area contributed by atoms with Crippen molar-refractivity contribution in [2.75, 3.05) is 5.84 Å². The lowest BCUT2D eigenvalue weighted by molar-refractivity contribution is -0.146. The number of hydrogen-bond donors (Lipinski definition) is 1. The molecule has 0 fully saturated rings. The van der Waals surface area contributed by atoms with Crippen molar-refractivity contribution in [2.24, 2.45) is 0 Å². The Labute approximate surface area is 137 Å². The fourth-order valence-corrected chi connectivity index (χ4v) is 2.65. The number of nitrogen functional groups attached to an aromatic ring is 1. The first kappa shape index (κ1) is 16.4. The Morgan fingerprint density at radius 3 is 2.50 bits per heavy atom. The molecular formula is C12H11F3N6O2S. The normalized spacial score (nSPS) is 12.0. The van der Waals surface area contributed by atoms with Crippen LogP contribution in [0.5, 0.6) is 0 Å². The van der Waals surface area contributed by atoms with Crippen LogP contribution in [0.4, 0.5) is 13.2 Å². The minimum Gasteiger partial charge on any atom is -0.466 e. The average molecular weight is 360 g/mol. The Bertz CT molecular complexity index is 869. The van der Waals surface area contributed by atoms with Crippen molar-refractivity contribution in [2.45, 2.75) is 30.9 Å². The van der Waals surface area contributed by atoms with Gasteiger partial charge in [-0.2, -0.15) is 13.2 Å². The molecular weight excluding hydrogens is 349 g/mol. The highest BCUT2D eigenvalue weighted by Gasteiger charge is 2.38. The van der Waals surface area contributed by atoms with E-state index in [2.05, 4.69) is 20.4 Å². The quantitative estimate of drug-likeness (QED) is 0.558. The van der Waals surface area contributed by atoms with Gasteiger partial charge < -0.3 is 14.7 Å². The molecule has 0 bridgehead atoms. The van der Waals surface area contributed by atoms with Crippen LogP contribution in [0.3, 0.4) is 0 Å². The lowest BCUT2D eigenvalue weighted by Gasteiger charge is -2.05. The maximum atomic E-state index is 12.6. The summed E-state index contributed by atoms with van der Waals surface area (Å²) in [6.45, 7) is 3.55. The predicted molar refractivity (Wildman–Crippen MR) is 76.2 cm³/mol. The van der Waals surface area contributed by atoms with Crippen LogP contribution in [-0.2, 0) is 11.9 Å². The van der Waals surface area contributed by atoms with E-state index in [1.54, 1.807) is 19.9 Å². The number of nitrogens with zero attached hydrogens (tertiary/aromatic N) is 5. The van der Waals surface area contributed by atoms with Gasteiger partial charge in [-0.1, -0.05) is 11.8 Å². The van der Waals surface area contributed by atoms with Gasteiger partial charge in [0.25, 0.3) is 11.7 Å². The molecule has 3 aromatic rings. The first-order valence-corrected chi connectivity index (χ1v) is 7.54. The molecule has 0 atom stereocenters. The third kappa shape index (κ3) is 3.09. The van der Waals surface area contributed by atoms with Crippen molar-refractivity contribution in [3.8, 4) is 11.5 Å². The van der Waals surface area contributed by atoms with Crippen LogP contribution >= 0.6 is 11.8 Å². The van der Waals surface area contributed by atoms with E-state index in [1.165, 1.54) is 0 Å². The van der Waals surface area contributed by atoms with Crippen molar-refractivity contribution < 1.29 is 22.0 Å². The number of nitrogens with two attached hydrogens (primary N) is 1. The Balaban J connectivity index is 1.73. The zero-order chi connectivity index (χ0) is 17.5. The Hall–Kier alpha value is -2.50. The topological polar surface area (TPSA) is 109 Å². The Morgan fingerprint density at radius 1 is 1.17 bits per heavy atom. The summed E-state index contributed by atoms with van der Waals surface area (Å²) in [7, 11) is 0. The van der Waals surface area contributed by atoms with Crippen molar-refractivity contribution in [1.29, 1.82) is 0 Å². The average Bonchev–Trinajstić information content (AvgIpc) is 3.15. The predicted octanol–water partition coefficient (Wildman–Crippen LogP) is 2.56. The summed E-state index contributed by atoms with van der Waals surface area (Å²) in [5, 5.41) is 14.1. The molecule has 8 nitrogen and oxygen atoms in total. The standard InChI is InChI=1S/C12H11F3N6O2S/c1-5-3-7(6(2)22-5)9-18-17-8(23-9)4-24-11-20-19-10(21(11)16)12(13,14)15/h3H,4,16H2,1-2H3. The molecule has 12 heteroatoms. The van der Waals surface area contributed by atoms with Gasteiger partial charge in [0.2, 0.25) is 11.0 Å². The number of aromatic nitrogens is 5. The number of alkyl halides is 3. The van der Waals surface area contributed by atoms with E-state index in [-0.39, 0.29) is 22.7 Å². The Morgan fingerprint density at radius 2 is 1.92 bits per heavy atom. The summed E-state index contributed by atoms with van der Waals surface area (Å²) in [4.78, 5) is 0. The van der Waals surface area contributed by atoms with Crippen LogP contribution in [-0.4, -0.2) is 25.1 Å². The SMILES string of the molecule is Cc1cc(-c2nnc(CSc3nnc(C(F)(F)F)n3N)o2)c(C)o1. The highest BCUT2D eigenvalue weighted by Crippen LogP contribution is 2.30. The molecule has 2 N–H and O–H groups in total. The van der Waals surface area contributed by atoms with E-state index < -0.39 is 12.0 Å². The minimum atomic E-state index is -4.67. The Kier molecular flexibility index (Phi) is 3.99. The van der Waals surface area contributed by atoms with E-state index in [0.717, 1.165) is 11.8 Å². The van der Waals surface area contributed by atoms with Gasteiger partial charge >= 0.3 is 6.18 Å². The zero-order valence-corrected chi connectivity index (χ0v) is 13.3. The second-order valence-electron chi connectivity index (χ2n) is 4.79. The molecule has 3 heterocycles. The van der Waals surface area contributed by atoms with Crippen molar-refractivity contribution in [3.63, 3.8) is 0 Å². The fourth-order valence-electron chi connectivity index (χ4n) is 1.96. The molecule has 0 saturated heterocycles. The first-order chi connectivity index (χ1) is 11.3. The number of aryl methyl sites for hydroxylation is 2. The number of halogens is 3. The summed E-state index contributed by atoms with van der Waals surface area (Å²) in [5.74, 6) is 5.97. The molecule has 0 saturated carbocycles. The largest absolute Gasteiger partial charge is 0.466 e. The monoisotopic (exact) mass is 360 g/mol. The van der Waals surface area contributed by atoms with Crippen molar-refractivity contribution >= 4 is 11.8 Å². The number of thioether (sulfide) groups is 1. The highest BCUT2D eigenvalue weighted by molar-refractivity contribution is 7.98. The molecule has 128 valence electrons. The van der Waals surface area contributed by atoms with E-state index in [1.807, 2.05) is 0 Å². The van der Waals surface area contributed by atoms with Gasteiger partial charge in [-0.05, 0) is 19.9 Å². The molecule has 0 aliphatic rings. The molecule has 0 aliphatic heterocycles.